The topological polar surface area (TPSA) is 262 Å². The summed E-state index contributed by atoms with van der Waals surface area (Å²) in [5, 5.41) is 19.0. The number of esters is 2. The first-order valence-corrected chi connectivity index (χ1v) is 22.5. The van der Waals surface area contributed by atoms with Crippen LogP contribution in [0.2, 0.25) is 0 Å². The van der Waals surface area contributed by atoms with Crippen LogP contribution in [0.4, 0.5) is 5.82 Å². The molecule has 2 saturated heterocycles. The molecule has 22 heteroatoms. The van der Waals surface area contributed by atoms with Gasteiger partial charge < -0.3 is 23.9 Å². The minimum absolute atomic E-state index is 0. The van der Waals surface area contributed by atoms with Crippen LogP contribution >= 0.6 is 12.0 Å². The van der Waals surface area contributed by atoms with Crippen LogP contribution in [0.15, 0.2) is 36.7 Å². The molecule has 1 unspecified atom stereocenters. The zero-order valence-corrected chi connectivity index (χ0v) is 37.9. The van der Waals surface area contributed by atoms with Crippen molar-refractivity contribution in [2.75, 3.05) is 43.7 Å². The molecule has 6 heterocycles. The first kappa shape index (κ1) is 49.6. The van der Waals surface area contributed by atoms with Gasteiger partial charge in [-0.25, -0.2) is 36.4 Å². The second kappa shape index (κ2) is 22.8. The smallest absolute Gasteiger partial charge is 0.857 e. The van der Waals surface area contributed by atoms with Crippen LogP contribution in [0, 0.1) is 15.8 Å². The van der Waals surface area contributed by atoms with E-state index in [9.17, 15) is 31.5 Å². The number of aromatic hydroxyl groups is 1. The molecule has 0 spiro atoms. The van der Waals surface area contributed by atoms with Crippen LogP contribution in [0.5, 0.6) is 11.5 Å². The maximum atomic E-state index is 12.7. The molecule has 0 bridgehead atoms. The quantitative estimate of drug-likeness (QED) is 0.157. The molecule has 0 aromatic carbocycles. The van der Waals surface area contributed by atoms with Gasteiger partial charge in [0.25, 0.3) is 0 Å². The predicted octanol–water partition coefficient (Wildman–Crippen LogP) is 1.76. The number of anilines is 1. The van der Waals surface area contributed by atoms with E-state index in [1.54, 1.807) is 30.5 Å². The van der Waals surface area contributed by atoms with Crippen LogP contribution in [-0.4, -0.2) is 98.4 Å². The van der Waals surface area contributed by atoms with Crippen LogP contribution in [0.25, 0.3) is 21.8 Å². The molecule has 4 aromatic rings. The molecule has 3 fully saturated rings. The van der Waals surface area contributed by atoms with Gasteiger partial charge in [0.1, 0.15) is 16.3 Å². The Labute approximate surface area is 368 Å². The van der Waals surface area contributed by atoms with Gasteiger partial charge in [-0.05, 0) is 81.5 Å². The number of methoxy groups -OCH3 is 2. The standard InChI is InChI=1S/C21H27N3O5S2.C15H16N2O5S.CH3O.Na.O2/c1-14-7-9-15(10-8-14)30-29-19-17-16(6-5-11-22-17)20(23-18(19)21(25)28-2)24-12-3-4-13-31(24,26)27;1-22-15(19)13-14(18)12-9(5-4-7-16-12)11(17-13)10-6-2-3-8-23(10,20)21;1-2;;1-2/h5-6,11,14-15H,3-4,7-10,12-13H2,1-2H3;4-5,7,10,18H,2-3,6,8H2,1H3;1H3;;/q;;-1;+1;. The normalized spacial score (nSPS) is 20.4. The average molecular weight is 888 g/mol. The fourth-order valence-electron chi connectivity index (χ4n) is 6.96. The van der Waals surface area contributed by atoms with Gasteiger partial charge in [0.2, 0.25) is 10.0 Å². The molecule has 0 amide bonds. The second-order valence-corrected chi connectivity index (χ2v) is 18.9. The second-order valence-electron chi connectivity index (χ2n) is 13.6. The first-order valence-electron chi connectivity index (χ1n) is 18.4. The van der Waals surface area contributed by atoms with E-state index in [0.29, 0.717) is 47.3 Å². The van der Waals surface area contributed by atoms with Crippen molar-refractivity contribution in [3.63, 3.8) is 0 Å². The summed E-state index contributed by atoms with van der Waals surface area (Å²) in [6, 6.07) is 6.77. The number of nitrogens with zero attached hydrogens (tertiary/aromatic N) is 5. The van der Waals surface area contributed by atoms with Crippen LogP contribution in [0.1, 0.15) is 96.6 Å². The van der Waals surface area contributed by atoms with Crippen molar-refractivity contribution >= 4 is 71.5 Å². The average Bonchev–Trinajstić information content (AvgIpc) is 3.24. The largest absolute Gasteiger partial charge is 1.00 e. The van der Waals surface area contributed by atoms with Crippen molar-refractivity contribution in [1.82, 2.24) is 19.9 Å². The maximum absolute atomic E-state index is 12.7. The van der Waals surface area contributed by atoms with Gasteiger partial charge in [-0.2, -0.15) is 7.11 Å². The van der Waals surface area contributed by atoms with Gasteiger partial charge >= 0.3 is 41.5 Å². The number of hydrogen-bond donors (Lipinski definition) is 1. The van der Waals surface area contributed by atoms with Crippen LogP contribution < -0.4 is 43.2 Å². The van der Waals surface area contributed by atoms with E-state index in [0.717, 1.165) is 51.6 Å². The molecule has 18 nitrogen and oxygen atoms in total. The number of sulfonamides is 1. The van der Waals surface area contributed by atoms with Crippen molar-refractivity contribution in [3.05, 3.63) is 63.7 Å². The minimum Gasteiger partial charge on any atom is -0.857 e. The molecular formula is C37H46N5NaO13S3. The summed E-state index contributed by atoms with van der Waals surface area (Å²) in [7, 11) is -3.69. The molecule has 7 rings (SSSR count). The number of pyridine rings is 4. The molecular weight excluding hydrogens is 842 g/mol. The number of carbonyl (C=O) groups is 2. The Bertz CT molecular complexity index is 2300. The number of ether oxygens (including phenoxy) is 2. The third-order valence-electron chi connectivity index (χ3n) is 9.92. The van der Waals surface area contributed by atoms with Crippen molar-refractivity contribution in [2.24, 2.45) is 5.92 Å². The van der Waals surface area contributed by atoms with E-state index in [2.05, 4.69) is 31.6 Å². The van der Waals surface area contributed by atoms with E-state index in [1.807, 2.05) is 0 Å². The number of hydrogen-bond acceptors (Lipinski definition) is 18. The summed E-state index contributed by atoms with van der Waals surface area (Å²) in [5.41, 5.74) is 0.450. The van der Waals surface area contributed by atoms with E-state index in [4.69, 9.17) is 24.0 Å². The van der Waals surface area contributed by atoms with E-state index < -0.39 is 42.8 Å². The third kappa shape index (κ3) is 11.6. The Morgan fingerprint density at radius 3 is 2.02 bits per heavy atom. The van der Waals surface area contributed by atoms with Gasteiger partial charge in [0, 0.05) is 44.9 Å². The third-order valence-corrected chi connectivity index (χ3v) is 14.9. The van der Waals surface area contributed by atoms with Crippen molar-refractivity contribution < 1.29 is 79.9 Å². The molecule has 316 valence electrons. The zero-order valence-electron chi connectivity index (χ0n) is 33.5. The van der Waals surface area contributed by atoms with Crippen molar-refractivity contribution in [1.29, 1.82) is 0 Å². The number of carbonyl (C=O) groups excluding carboxylic acids is 2. The first-order chi connectivity index (χ1) is 27.9. The number of rotatable bonds is 7. The van der Waals surface area contributed by atoms with Gasteiger partial charge in [0.15, 0.2) is 38.5 Å². The SMILES string of the molecule is COC(=O)c1nc(C2CCCCS2(=O)=O)c2cccnc2c1O.COC(=O)c1nc(N2CCCCS2(=O)=O)c2cccnc2c1OSC1CCC(C)CC1.C[O-].O=O.[Na+]. The summed E-state index contributed by atoms with van der Waals surface area (Å²) in [4.78, 5) is 55.6. The van der Waals surface area contributed by atoms with E-state index >= 15 is 0 Å². The maximum Gasteiger partial charge on any atom is 1.00 e. The molecule has 1 N–H and O–H groups in total. The zero-order chi connectivity index (χ0) is 42.6. The molecule has 2 aliphatic heterocycles. The Hall–Kier alpha value is -3.73. The molecule has 0 radical (unpaired) electrons. The summed E-state index contributed by atoms with van der Waals surface area (Å²) in [6.45, 7) is 2.57. The van der Waals surface area contributed by atoms with Crippen LogP contribution in [0.3, 0.4) is 0 Å². The van der Waals surface area contributed by atoms with Gasteiger partial charge in [0.05, 0.1) is 43.5 Å². The predicted molar refractivity (Wildman–Crippen MR) is 216 cm³/mol. The Balaban J connectivity index is 0.000000296. The summed E-state index contributed by atoms with van der Waals surface area (Å²) in [6.07, 6.45) is 10.6. The number of fused-ring (bicyclic) bond motifs is 2. The van der Waals surface area contributed by atoms with E-state index in [1.165, 1.54) is 36.8 Å². The number of sulfone groups is 1. The Kier molecular flexibility index (Phi) is 19.1. The fourth-order valence-corrected chi connectivity index (χ4v) is 11.4. The Morgan fingerprint density at radius 1 is 0.814 bits per heavy atom. The summed E-state index contributed by atoms with van der Waals surface area (Å²) >= 11 is 1.33. The Morgan fingerprint density at radius 2 is 1.41 bits per heavy atom. The fraction of sp³-hybridized carbons (Fsp3) is 0.514. The molecule has 1 saturated carbocycles. The van der Waals surface area contributed by atoms with Crippen molar-refractivity contribution in [2.45, 2.75) is 75.2 Å². The van der Waals surface area contributed by atoms with Gasteiger partial charge in [-0.3, -0.25) is 14.3 Å². The molecule has 1 atom stereocenters. The molecule has 3 aliphatic rings. The van der Waals surface area contributed by atoms with Crippen molar-refractivity contribution in [3.8, 4) is 11.5 Å². The summed E-state index contributed by atoms with van der Waals surface area (Å²) < 4.78 is 67.2. The van der Waals surface area contributed by atoms with Crippen LogP contribution in [-0.2, 0) is 29.3 Å². The monoisotopic (exact) mass is 887 g/mol. The summed E-state index contributed by atoms with van der Waals surface area (Å²) in [5.74, 6) is -0.619. The van der Waals surface area contributed by atoms with Gasteiger partial charge in [-0.15, -0.1) is 0 Å². The van der Waals surface area contributed by atoms with Gasteiger partial charge in [-0.1, -0.05) is 13.3 Å². The molecule has 4 aromatic heterocycles. The molecule has 1 aliphatic carbocycles. The number of aromatic nitrogens is 4. The molecule has 59 heavy (non-hydrogen) atoms. The van der Waals surface area contributed by atoms with E-state index in [-0.39, 0.29) is 75.2 Å². The minimum atomic E-state index is -3.52.